The van der Waals surface area contributed by atoms with Crippen LogP contribution in [0.3, 0.4) is 0 Å². The Bertz CT molecular complexity index is 941. The Labute approximate surface area is 166 Å². The summed E-state index contributed by atoms with van der Waals surface area (Å²) in [7, 11) is 0. The average molecular weight is 400 g/mol. The highest BCUT2D eigenvalue weighted by Gasteiger charge is 2.57. The molecule has 1 unspecified atom stereocenters. The summed E-state index contributed by atoms with van der Waals surface area (Å²) in [6, 6.07) is 15.1. The molecule has 1 saturated carbocycles. The number of carbonyl (C=O) groups is 2. The van der Waals surface area contributed by atoms with Crippen LogP contribution in [-0.4, -0.2) is 34.6 Å². The van der Waals surface area contributed by atoms with E-state index in [1.165, 1.54) is 0 Å². The molecule has 3 aliphatic rings. The van der Waals surface area contributed by atoms with Crippen molar-refractivity contribution in [2.45, 2.75) is 34.5 Å². The van der Waals surface area contributed by atoms with Crippen molar-refractivity contribution >= 4 is 35.2 Å². The second-order valence-corrected chi connectivity index (χ2v) is 9.35. The predicted octanol–water partition coefficient (Wildman–Crippen LogP) is 4.26. The van der Waals surface area contributed by atoms with Crippen molar-refractivity contribution in [2.24, 2.45) is 0 Å². The van der Waals surface area contributed by atoms with Crippen molar-refractivity contribution < 1.29 is 14.3 Å². The van der Waals surface area contributed by atoms with E-state index in [0.29, 0.717) is 30.1 Å². The number of rotatable bonds is 3. The summed E-state index contributed by atoms with van der Waals surface area (Å²) in [6.07, 6.45) is 2.40. The number of hydrogen-bond donors (Lipinski definition) is 0. The zero-order chi connectivity index (χ0) is 18.6. The highest BCUT2D eigenvalue weighted by atomic mass is 35.5. The minimum atomic E-state index is -0.676. The van der Waals surface area contributed by atoms with Crippen LogP contribution < -0.4 is 0 Å². The molecule has 2 heterocycles. The van der Waals surface area contributed by atoms with E-state index in [9.17, 15) is 9.59 Å². The van der Waals surface area contributed by atoms with E-state index >= 15 is 0 Å². The quantitative estimate of drug-likeness (QED) is 0.723. The van der Waals surface area contributed by atoms with Crippen LogP contribution in [0, 0.1) is 0 Å². The molecule has 0 bridgehead atoms. The number of fused-ring (bicyclic) bond motifs is 2. The van der Waals surface area contributed by atoms with E-state index in [4.69, 9.17) is 16.3 Å². The van der Waals surface area contributed by atoms with Gasteiger partial charge in [0.1, 0.15) is 0 Å². The zero-order valence-corrected chi connectivity index (χ0v) is 16.2. The zero-order valence-electron chi connectivity index (χ0n) is 14.6. The van der Waals surface area contributed by atoms with Crippen LogP contribution in [0.15, 0.2) is 53.4 Å². The molecule has 2 aromatic rings. The van der Waals surface area contributed by atoms with Gasteiger partial charge in [-0.1, -0.05) is 29.8 Å². The van der Waals surface area contributed by atoms with Gasteiger partial charge in [0.25, 0.3) is 0 Å². The number of likely N-dealkylation sites (tertiary alicyclic amines) is 1. The standard InChI is InChI=1S/C21H18ClNO3S/c22-14-5-7-15(8-6-14)27-21(9-10-21)19(25)23-12-11-20(13-23)17-4-2-1-3-16(17)18(24)26-20/h1-8H,9-13H2. The van der Waals surface area contributed by atoms with Gasteiger partial charge in [-0.15, -0.1) is 11.8 Å². The van der Waals surface area contributed by atoms with Gasteiger partial charge in [0.15, 0.2) is 5.60 Å². The first-order valence-corrected chi connectivity index (χ1v) is 10.3. The lowest BCUT2D eigenvalue weighted by Gasteiger charge is -2.26. The number of esters is 1. The van der Waals surface area contributed by atoms with E-state index in [0.717, 1.165) is 23.3 Å². The molecular formula is C21H18ClNO3S. The minimum Gasteiger partial charge on any atom is -0.449 e. The van der Waals surface area contributed by atoms with E-state index in [1.54, 1.807) is 17.8 Å². The van der Waals surface area contributed by atoms with Gasteiger partial charge in [-0.25, -0.2) is 4.79 Å². The molecule has 0 N–H and O–H groups in total. The predicted molar refractivity (Wildman–Crippen MR) is 104 cm³/mol. The van der Waals surface area contributed by atoms with E-state index in [1.807, 2.05) is 47.4 Å². The second-order valence-electron chi connectivity index (χ2n) is 7.46. The van der Waals surface area contributed by atoms with E-state index in [-0.39, 0.29) is 16.6 Å². The van der Waals surface area contributed by atoms with Crippen molar-refractivity contribution in [1.82, 2.24) is 4.90 Å². The molecule has 1 amide bonds. The fourth-order valence-electron chi connectivity index (χ4n) is 4.09. The smallest absolute Gasteiger partial charge is 0.339 e. The molecule has 0 radical (unpaired) electrons. The number of nitrogens with zero attached hydrogens (tertiary/aromatic N) is 1. The summed E-state index contributed by atoms with van der Waals surface area (Å²) in [5, 5.41) is 0.693. The molecule has 2 aliphatic heterocycles. The lowest BCUT2D eigenvalue weighted by molar-refractivity contribution is -0.131. The van der Waals surface area contributed by atoms with Gasteiger partial charge < -0.3 is 9.64 Å². The number of ether oxygens (including phenoxy) is 1. The van der Waals surface area contributed by atoms with Gasteiger partial charge in [0.2, 0.25) is 5.91 Å². The lowest BCUT2D eigenvalue weighted by atomic mass is 9.91. The minimum absolute atomic E-state index is 0.153. The van der Waals surface area contributed by atoms with Crippen molar-refractivity contribution in [3.63, 3.8) is 0 Å². The van der Waals surface area contributed by atoms with Crippen LogP contribution in [0.5, 0.6) is 0 Å². The van der Waals surface area contributed by atoms with Crippen LogP contribution in [0.4, 0.5) is 0 Å². The number of benzene rings is 2. The molecule has 138 valence electrons. The first-order valence-electron chi connectivity index (χ1n) is 9.08. The summed E-state index contributed by atoms with van der Waals surface area (Å²) >= 11 is 7.58. The van der Waals surface area contributed by atoms with Gasteiger partial charge >= 0.3 is 5.97 Å². The summed E-state index contributed by atoms with van der Waals surface area (Å²) in [6.45, 7) is 1.06. The topological polar surface area (TPSA) is 46.6 Å². The van der Waals surface area contributed by atoms with Crippen LogP contribution in [0.25, 0.3) is 0 Å². The fourth-order valence-corrected chi connectivity index (χ4v) is 5.47. The molecular weight excluding hydrogens is 382 g/mol. The first-order chi connectivity index (χ1) is 13.0. The number of carbonyl (C=O) groups excluding carboxylic acids is 2. The van der Waals surface area contributed by atoms with Crippen LogP contribution >= 0.6 is 23.4 Å². The highest BCUT2D eigenvalue weighted by molar-refractivity contribution is 8.01. The van der Waals surface area contributed by atoms with Crippen molar-refractivity contribution in [3.8, 4) is 0 Å². The van der Waals surface area contributed by atoms with Crippen LogP contribution in [0.1, 0.15) is 35.2 Å². The number of hydrogen-bond acceptors (Lipinski definition) is 4. The molecule has 0 aromatic heterocycles. The molecule has 1 spiro atoms. The Morgan fingerprint density at radius 3 is 2.56 bits per heavy atom. The van der Waals surface area contributed by atoms with Gasteiger partial charge in [-0.2, -0.15) is 0 Å². The van der Waals surface area contributed by atoms with Gasteiger partial charge in [-0.3, -0.25) is 4.79 Å². The molecule has 6 heteroatoms. The van der Waals surface area contributed by atoms with E-state index < -0.39 is 5.60 Å². The Morgan fingerprint density at radius 2 is 1.81 bits per heavy atom. The Hall–Kier alpha value is -1.98. The second kappa shape index (κ2) is 6.01. The Balaban J connectivity index is 1.36. The molecule has 2 aromatic carbocycles. The number of halogens is 1. The normalized spacial score (nSPS) is 24.8. The first kappa shape index (κ1) is 17.1. The van der Waals surface area contributed by atoms with E-state index in [2.05, 4.69) is 0 Å². The highest BCUT2D eigenvalue weighted by Crippen LogP contribution is 2.54. The summed E-state index contributed by atoms with van der Waals surface area (Å²) in [4.78, 5) is 28.4. The summed E-state index contributed by atoms with van der Waals surface area (Å²) in [5.41, 5.74) is 0.869. The third-order valence-electron chi connectivity index (χ3n) is 5.67. The maximum atomic E-state index is 13.3. The lowest BCUT2D eigenvalue weighted by Crippen LogP contribution is -2.40. The van der Waals surface area contributed by atoms with Crippen molar-refractivity contribution in [3.05, 3.63) is 64.7 Å². The maximum absolute atomic E-state index is 13.3. The van der Waals surface area contributed by atoms with Gasteiger partial charge in [0, 0.05) is 28.4 Å². The maximum Gasteiger partial charge on any atom is 0.339 e. The molecule has 27 heavy (non-hydrogen) atoms. The third kappa shape index (κ3) is 2.75. The van der Waals surface area contributed by atoms with Crippen LogP contribution in [0.2, 0.25) is 5.02 Å². The number of thioether (sulfide) groups is 1. The van der Waals surface area contributed by atoms with Gasteiger partial charge in [-0.05, 0) is 43.2 Å². The fraction of sp³-hybridized carbons (Fsp3) is 0.333. The SMILES string of the molecule is O=C1OC2(CCN(C(=O)C3(Sc4ccc(Cl)cc4)CC3)C2)c2ccccc21. The van der Waals surface area contributed by atoms with Crippen LogP contribution in [-0.2, 0) is 15.1 Å². The average Bonchev–Trinajstić information content (AvgIpc) is 3.25. The Kier molecular flexibility index (Phi) is 3.82. The molecule has 1 saturated heterocycles. The number of amides is 1. The van der Waals surface area contributed by atoms with Gasteiger partial charge in [0.05, 0.1) is 16.9 Å². The monoisotopic (exact) mass is 399 g/mol. The summed E-state index contributed by atoms with van der Waals surface area (Å²) < 4.78 is 5.38. The van der Waals surface area contributed by atoms with Crippen molar-refractivity contribution in [1.29, 1.82) is 0 Å². The molecule has 1 atom stereocenters. The van der Waals surface area contributed by atoms with Crippen molar-refractivity contribution in [2.75, 3.05) is 13.1 Å². The summed E-state index contributed by atoms with van der Waals surface area (Å²) in [5.74, 6) is -0.128. The molecule has 4 nitrogen and oxygen atoms in total. The largest absolute Gasteiger partial charge is 0.449 e. The Morgan fingerprint density at radius 1 is 1.07 bits per heavy atom. The third-order valence-corrected chi connectivity index (χ3v) is 7.40. The molecule has 5 rings (SSSR count). The molecule has 2 fully saturated rings. The molecule has 1 aliphatic carbocycles.